The quantitative estimate of drug-likeness (QED) is 0.776. The number of hydrogen-bond acceptors (Lipinski definition) is 3. The molecular formula is C15H16O3. The molecule has 0 N–H and O–H groups in total. The molecule has 1 aliphatic rings. The third-order valence-electron chi connectivity index (χ3n) is 3.38. The molecule has 0 saturated carbocycles. The van der Waals surface area contributed by atoms with Gasteiger partial charge in [0.1, 0.15) is 5.58 Å². The van der Waals surface area contributed by atoms with Crippen molar-refractivity contribution in [2.24, 2.45) is 0 Å². The highest BCUT2D eigenvalue weighted by Crippen LogP contribution is 2.23. The molecule has 3 rings (SSSR count). The Morgan fingerprint density at radius 3 is 3.06 bits per heavy atom. The highest BCUT2D eigenvalue weighted by molar-refractivity contribution is 5.97. The minimum absolute atomic E-state index is 0.0377. The van der Waals surface area contributed by atoms with Crippen molar-refractivity contribution in [3.8, 4) is 0 Å². The lowest BCUT2D eigenvalue weighted by Gasteiger charge is -2.05. The number of hydrogen-bond donors (Lipinski definition) is 0. The number of fused-ring (bicyclic) bond motifs is 1. The van der Waals surface area contributed by atoms with Crippen LogP contribution < -0.4 is 0 Å². The maximum atomic E-state index is 12.1. The molecule has 18 heavy (non-hydrogen) atoms. The van der Waals surface area contributed by atoms with Gasteiger partial charge in [-0.15, -0.1) is 0 Å². The topological polar surface area (TPSA) is 39.4 Å². The summed E-state index contributed by atoms with van der Waals surface area (Å²) >= 11 is 0. The van der Waals surface area contributed by atoms with E-state index in [2.05, 4.69) is 0 Å². The zero-order valence-corrected chi connectivity index (χ0v) is 10.4. The summed E-state index contributed by atoms with van der Waals surface area (Å²) in [5, 5.41) is 0.991. The minimum Gasteiger partial charge on any atom is -0.453 e. The fourth-order valence-corrected chi connectivity index (χ4v) is 2.41. The SMILES string of the molecule is Cc1ccc2oc(C(=O)CC3CCCO3)cc2c1. The van der Waals surface area contributed by atoms with Crippen LogP contribution in [-0.2, 0) is 4.74 Å². The van der Waals surface area contributed by atoms with Crippen molar-refractivity contribution in [3.05, 3.63) is 35.6 Å². The molecule has 2 heterocycles. The Balaban J connectivity index is 1.82. The number of Topliss-reactive ketones (excluding diaryl/α,β-unsaturated/α-hetero) is 1. The van der Waals surface area contributed by atoms with E-state index in [1.54, 1.807) is 0 Å². The molecule has 94 valence electrons. The predicted octanol–water partition coefficient (Wildman–Crippen LogP) is 3.49. The summed E-state index contributed by atoms with van der Waals surface area (Å²) in [4.78, 5) is 12.1. The Bertz CT molecular complexity index is 576. The summed E-state index contributed by atoms with van der Waals surface area (Å²) in [6.45, 7) is 2.80. The van der Waals surface area contributed by atoms with E-state index in [4.69, 9.17) is 9.15 Å². The van der Waals surface area contributed by atoms with Crippen molar-refractivity contribution in [2.45, 2.75) is 32.3 Å². The standard InChI is InChI=1S/C15H16O3/c1-10-4-5-14-11(7-10)8-15(18-14)13(16)9-12-3-2-6-17-12/h4-5,7-8,12H,2-3,6,9H2,1H3. The van der Waals surface area contributed by atoms with Gasteiger partial charge in [-0.25, -0.2) is 0 Å². The van der Waals surface area contributed by atoms with Crippen molar-refractivity contribution in [2.75, 3.05) is 6.61 Å². The first kappa shape index (κ1) is 11.5. The van der Waals surface area contributed by atoms with Gasteiger partial charge in [-0.05, 0) is 38.0 Å². The zero-order valence-electron chi connectivity index (χ0n) is 10.4. The van der Waals surface area contributed by atoms with Crippen LogP contribution in [0, 0.1) is 6.92 Å². The fourth-order valence-electron chi connectivity index (χ4n) is 2.41. The van der Waals surface area contributed by atoms with Gasteiger partial charge in [0.25, 0.3) is 0 Å². The molecule has 3 heteroatoms. The number of aryl methyl sites for hydroxylation is 1. The average molecular weight is 244 g/mol. The van der Waals surface area contributed by atoms with Gasteiger partial charge in [-0.3, -0.25) is 4.79 Å². The predicted molar refractivity (Wildman–Crippen MR) is 68.9 cm³/mol. The number of benzene rings is 1. The van der Waals surface area contributed by atoms with Crippen LogP contribution in [0.5, 0.6) is 0 Å². The number of carbonyl (C=O) groups is 1. The summed E-state index contributed by atoms with van der Waals surface area (Å²) < 4.78 is 11.1. The van der Waals surface area contributed by atoms with E-state index in [0.29, 0.717) is 12.2 Å². The van der Waals surface area contributed by atoms with E-state index in [1.165, 1.54) is 5.56 Å². The van der Waals surface area contributed by atoms with Crippen LogP contribution >= 0.6 is 0 Å². The van der Waals surface area contributed by atoms with Crippen molar-refractivity contribution in [1.82, 2.24) is 0 Å². The van der Waals surface area contributed by atoms with Crippen LogP contribution in [-0.4, -0.2) is 18.5 Å². The Morgan fingerprint density at radius 1 is 1.39 bits per heavy atom. The van der Waals surface area contributed by atoms with Gasteiger partial charge < -0.3 is 9.15 Å². The largest absolute Gasteiger partial charge is 0.453 e. The van der Waals surface area contributed by atoms with Gasteiger partial charge in [-0.2, -0.15) is 0 Å². The summed E-state index contributed by atoms with van der Waals surface area (Å²) in [5.41, 5.74) is 1.94. The van der Waals surface area contributed by atoms with E-state index in [1.807, 2.05) is 31.2 Å². The summed E-state index contributed by atoms with van der Waals surface area (Å²) in [6.07, 6.45) is 2.54. The number of carbonyl (C=O) groups excluding carboxylic acids is 1. The van der Waals surface area contributed by atoms with Gasteiger partial charge in [0.15, 0.2) is 5.76 Å². The molecule has 1 unspecified atom stereocenters. The second-order valence-corrected chi connectivity index (χ2v) is 4.91. The van der Waals surface area contributed by atoms with Crippen LogP contribution in [0.1, 0.15) is 35.4 Å². The lowest BCUT2D eigenvalue weighted by molar-refractivity contribution is 0.0755. The molecular weight excluding hydrogens is 228 g/mol. The Labute approximate surface area is 106 Å². The highest BCUT2D eigenvalue weighted by atomic mass is 16.5. The van der Waals surface area contributed by atoms with E-state index < -0.39 is 0 Å². The van der Waals surface area contributed by atoms with Gasteiger partial charge in [0, 0.05) is 18.4 Å². The molecule has 0 radical (unpaired) electrons. The lowest BCUT2D eigenvalue weighted by atomic mass is 10.1. The van der Waals surface area contributed by atoms with Crippen LogP contribution in [0.4, 0.5) is 0 Å². The van der Waals surface area contributed by atoms with E-state index >= 15 is 0 Å². The molecule has 1 saturated heterocycles. The Kier molecular flexibility index (Phi) is 2.92. The van der Waals surface area contributed by atoms with Gasteiger partial charge in [-0.1, -0.05) is 11.6 Å². The van der Waals surface area contributed by atoms with Crippen LogP contribution in [0.3, 0.4) is 0 Å². The van der Waals surface area contributed by atoms with E-state index in [9.17, 15) is 4.79 Å². The molecule has 1 atom stereocenters. The molecule has 1 aliphatic heterocycles. The van der Waals surface area contributed by atoms with Crippen LogP contribution in [0.15, 0.2) is 28.7 Å². The zero-order chi connectivity index (χ0) is 12.5. The first-order valence-corrected chi connectivity index (χ1v) is 6.37. The molecule has 0 amide bonds. The van der Waals surface area contributed by atoms with Gasteiger partial charge in [0.05, 0.1) is 6.10 Å². The van der Waals surface area contributed by atoms with Crippen molar-refractivity contribution >= 4 is 16.8 Å². The lowest BCUT2D eigenvalue weighted by Crippen LogP contribution is -2.11. The highest BCUT2D eigenvalue weighted by Gasteiger charge is 2.22. The molecule has 1 aromatic heterocycles. The second-order valence-electron chi connectivity index (χ2n) is 4.91. The minimum atomic E-state index is 0.0377. The number of ketones is 1. The summed E-state index contributed by atoms with van der Waals surface area (Å²) in [5.74, 6) is 0.488. The monoisotopic (exact) mass is 244 g/mol. The number of furan rings is 1. The van der Waals surface area contributed by atoms with Crippen LogP contribution in [0.25, 0.3) is 11.0 Å². The Hall–Kier alpha value is -1.61. The maximum absolute atomic E-state index is 12.1. The molecule has 1 aromatic carbocycles. The van der Waals surface area contributed by atoms with E-state index in [0.717, 1.165) is 30.4 Å². The summed E-state index contributed by atoms with van der Waals surface area (Å²) in [7, 11) is 0. The fraction of sp³-hybridized carbons (Fsp3) is 0.400. The van der Waals surface area contributed by atoms with Crippen molar-refractivity contribution in [1.29, 1.82) is 0 Å². The first-order valence-electron chi connectivity index (χ1n) is 6.37. The molecule has 3 nitrogen and oxygen atoms in total. The van der Waals surface area contributed by atoms with Crippen molar-refractivity contribution in [3.63, 3.8) is 0 Å². The number of rotatable bonds is 3. The maximum Gasteiger partial charge on any atom is 0.200 e. The second kappa shape index (κ2) is 4.58. The molecule has 2 aromatic rings. The summed E-state index contributed by atoms with van der Waals surface area (Å²) in [6, 6.07) is 7.76. The van der Waals surface area contributed by atoms with E-state index in [-0.39, 0.29) is 11.9 Å². The molecule has 0 spiro atoms. The van der Waals surface area contributed by atoms with Gasteiger partial charge >= 0.3 is 0 Å². The molecule has 1 fully saturated rings. The van der Waals surface area contributed by atoms with Crippen LogP contribution in [0.2, 0.25) is 0 Å². The third-order valence-corrected chi connectivity index (χ3v) is 3.38. The number of ether oxygens (including phenoxy) is 1. The normalized spacial score (nSPS) is 19.5. The molecule has 0 aliphatic carbocycles. The smallest absolute Gasteiger partial charge is 0.200 e. The first-order chi connectivity index (χ1) is 8.72. The molecule has 0 bridgehead atoms. The Morgan fingerprint density at radius 2 is 2.28 bits per heavy atom. The third kappa shape index (κ3) is 2.18. The van der Waals surface area contributed by atoms with Crippen molar-refractivity contribution < 1.29 is 13.9 Å². The van der Waals surface area contributed by atoms with Gasteiger partial charge in [0.2, 0.25) is 5.78 Å². The average Bonchev–Trinajstić information content (AvgIpc) is 2.96.